The number of rotatable bonds is 5. The minimum atomic E-state index is -0.0109. The summed E-state index contributed by atoms with van der Waals surface area (Å²) in [6, 6.07) is 0. The lowest BCUT2D eigenvalue weighted by atomic mass is 9.87. The Balaban J connectivity index is 2.16. The molecule has 0 aromatic rings. The first-order valence-electron chi connectivity index (χ1n) is 3.83. The molecule has 2 N–H and O–H groups in total. The molecular formula is C8H15NO2. The molecule has 64 valence electrons. The molecule has 1 aliphatic heterocycles. The van der Waals surface area contributed by atoms with Crippen molar-refractivity contribution in [3.63, 3.8) is 0 Å². The van der Waals surface area contributed by atoms with E-state index in [1.807, 2.05) is 6.08 Å². The van der Waals surface area contributed by atoms with Crippen LogP contribution in [0.15, 0.2) is 12.7 Å². The Morgan fingerprint density at radius 3 is 2.73 bits per heavy atom. The molecule has 0 amide bonds. The Kier molecular flexibility index (Phi) is 3.05. The largest absolute Gasteiger partial charge is 0.396 e. The monoisotopic (exact) mass is 157 g/mol. The van der Waals surface area contributed by atoms with Gasteiger partial charge in [0.2, 0.25) is 0 Å². The molecule has 1 aliphatic rings. The number of aliphatic hydroxyl groups excluding tert-OH is 1. The number of aliphatic hydroxyl groups is 1. The summed E-state index contributed by atoms with van der Waals surface area (Å²) in [5, 5.41) is 12.2. The summed E-state index contributed by atoms with van der Waals surface area (Å²) in [5.74, 6) is 0. The fourth-order valence-corrected chi connectivity index (χ4v) is 1.08. The lowest BCUT2D eigenvalue weighted by Crippen LogP contribution is -2.52. The summed E-state index contributed by atoms with van der Waals surface area (Å²) in [4.78, 5) is 0. The second kappa shape index (κ2) is 3.85. The van der Waals surface area contributed by atoms with Gasteiger partial charge in [0.1, 0.15) is 0 Å². The molecule has 1 rings (SSSR count). The normalized spacial score (nSPS) is 20.8. The third kappa shape index (κ3) is 2.02. The molecule has 0 aromatic carbocycles. The van der Waals surface area contributed by atoms with Gasteiger partial charge >= 0.3 is 0 Å². The van der Waals surface area contributed by atoms with E-state index in [9.17, 15) is 0 Å². The maximum atomic E-state index is 8.99. The van der Waals surface area contributed by atoms with Gasteiger partial charge in [-0.2, -0.15) is 0 Å². The minimum absolute atomic E-state index is 0.0109. The first kappa shape index (κ1) is 8.71. The van der Waals surface area contributed by atoms with E-state index in [1.54, 1.807) is 0 Å². The van der Waals surface area contributed by atoms with Crippen LogP contribution in [0.4, 0.5) is 0 Å². The van der Waals surface area contributed by atoms with E-state index in [2.05, 4.69) is 11.9 Å². The van der Waals surface area contributed by atoms with Crippen molar-refractivity contribution in [3.8, 4) is 0 Å². The molecule has 11 heavy (non-hydrogen) atoms. The van der Waals surface area contributed by atoms with Gasteiger partial charge in [0.05, 0.1) is 25.2 Å². The van der Waals surface area contributed by atoms with Crippen LogP contribution in [0.2, 0.25) is 0 Å². The zero-order valence-electron chi connectivity index (χ0n) is 6.68. The average Bonchev–Trinajstić information content (AvgIpc) is 1.95. The topological polar surface area (TPSA) is 41.5 Å². The van der Waals surface area contributed by atoms with E-state index in [-0.39, 0.29) is 12.0 Å². The summed E-state index contributed by atoms with van der Waals surface area (Å²) >= 11 is 0. The number of ether oxygens (including phenoxy) is 1. The lowest BCUT2D eigenvalue weighted by Gasteiger charge is -2.39. The molecule has 3 nitrogen and oxygen atoms in total. The van der Waals surface area contributed by atoms with Crippen molar-refractivity contribution in [1.29, 1.82) is 0 Å². The van der Waals surface area contributed by atoms with Gasteiger partial charge in [-0.25, -0.2) is 0 Å². The first-order chi connectivity index (χ1) is 5.33. The Morgan fingerprint density at radius 2 is 2.36 bits per heavy atom. The molecule has 1 fully saturated rings. The highest BCUT2D eigenvalue weighted by atomic mass is 16.5. The fourth-order valence-electron chi connectivity index (χ4n) is 1.08. The molecule has 3 heteroatoms. The van der Waals surface area contributed by atoms with Gasteiger partial charge in [-0.15, -0.1) is 6.58 Å². The van der Waals surface area contributed by atoms with E-state index in [0.29, 0.717) is 13.2 Å². The van der Waals surface area contributed by atoms with Crippen LogP contribution in [0.1, 0.15) is 0 Å². The van der Waals surface area contributed by atoms with Gasteiger partial charge in [-0.3, -0.25) is 0 Å². The van der Waals surface area contributed by atoms with Crippen molar-refractivity contribution in [2.45, 2.75) is 0 Å². The molecule has 0 aliphatic carbocycles. The lowest BCUT2D eigenvalue weighted by molar-refractivity contribution is -0.133. The maximum absolute atomic E-state index is 8.99. The standard InChI is InChI=1S/C8H15NO2/c1-2-3-9-4-8(5-10)6-11-7-8/h2,9-10H,1,3-7H2. The van der Waals surface area contributed by atoms with Crippen molar-refractivity contribution >= 4 is 0 Å². The predicted octanol–water partition coefficient (Wildman–Crippen LogP) is -0.229. The van der Waals surface area contributed by atoms with Crippen LogP contribution >= 0.6 is 0 Å². The van der Waals surface area contributed by atoms with Gasteiger partial charge in [0.15, 0.2) is 0 Å². The zero-order chi connectivity index (χ0) is 8.16. The van der Waals surface area contributed by atoms with E-state index >= 15 is 0 Å². The summed E-state index contributed by atoms with van der Waals surface area (Å²) in [5.41, 5.74) is -0.0109. The highest BCUT2D eigenvalue weighted by Crippen LogP contribution is 2.25. The van der Waals surface area contributed by atoms with Crippen LogP contribution in [0, 0.1) is 5.41 Å². The van der Waals surface area contributed by atoms with Crippen molar-refractivity contribution in [2.75, 3.05) is 32.9 Å². The quantitative estimate of drug-likeness (QED) is 0.428. The summed E-state index contributed by atoms with van der Waals surface area (Å²) in [6.45, 7) is 6.76. The molecule has 0 radical (unpaired) electrons. The molecule has 0 spiro atoms. The van der Waals surface area contributed by atoms with Gasteiger partial charge in [0.25, 0.3) is 0 Å². The van der Waals surface area contributed by atoms with Crippen LogP contribution in [-0.4, -0.2) is 38.0 Å². The van der Waals surface area contributed by atoms with Crippen LogP contribution in [-0.2, 0) is 4.74 Å². The van der Waals surface area contributed by atoms with Crippen molar-refractivity contribution in [2.24, 2.45) is 5.41 Å². The Morgan fingerprint density at radius 1 is 1.64 bits per heavy atom. The van der Waals surface area contributed by atoms with Gasteiger partial charge in [-0.05, 0) is 0 Å². The molecule has 1 heterocycles. The fraction of sp³-hybridized carbons (Fsp3) is 0.750. The molecule has 1 saturated heterocycles. The van der Waals surface area contributed by atoms with E-state index in [0.717, 1.165) is 13.1 Å². The van der Waals surface area contributed by atoms with Crippen LogP contribution in [0.5, 0.6) is 0 Å². The van der Waals surface area contributed by atoms with Crippen molar-refractivity contribution in [1.82, 2.24) is 5.32 Å². The molecule has 0 aromatic heterocycles. The number of nitrogens with one attached hydrogen (secondary N) is 1. The van der Waals surface area contributed by atoms with Crippen LogP contribution in [0.25, 0.3) is 0 Å². The highest BCUT2D eigenvalue weighted by Gasteiger charge is 2.37. The Bertz CT molecular complexity index is 127. The molecule has 0 atom stereocenters. The molecular weight excluding hydrogens is 142 g/mol. The van der Waals surface area contributed by atoms with E-state index < -0.39 is 0 Å². The number of hydrogen-bond donors (Lipinski definition) is 2. The third-order valence-electron chi connectivity index (χ3n) is 1.94. The predicted molar refractivity (Wildman–Crippen MR) is 43.4 cm³/mol. The zero-order valence-corrected chi connectivity index (χ0v) is 6.68. The third-order valence-corrected chi connectivity index (χ3v) is 1.94. The summed E-state index contributed by atoms with van der Waals surface area (Å²) < 4.78 is 5.03. The first-order valence-corrected chi connectivity index (χ1v) is 3.83. The molecule has 0 bridgehead atoms. The Labute approximate surface area is 67.1 Å². The smallest absolute Gasteiger partial charge is 0.0579 e. The number of hydrogen-bond acceptors (Lipinski definition) is 3. The van der Waals surface area contributed by atoms with Gasteiger partial charge in [-0.1, -0.05) is 6.08 Å². The van der Waals surface area contributed by atoms with Crippen LogP contribution in [0.3, 0.4) is 0 Å². The minimum Gasteiger partial charge on any atom is -0.396 e. The summed E-state index contributed by atoms with van der Waals surface area (Å²) in [7, 11) is 0. The maximum Gasteiger partial charge on any atom is 0.0579 e. The van der Waals surface area contributed by atoms with Gasteiger partial charge in [0, 0.05) is 13.1 Å². The summed E-state index contributed by atoms with van der Waals surface area (Å²) in [6.07, 6.45) is 1.81. The highest BCUT2D eigenvalue weighted by molar-refractivity contribution is 4.87. The second-order valence-electron chi connectivity index (χ2n) is 3.07. The Hall–Kier alpha value is -0.380. The van der Waals surface area contributed by atoms with Crippen molar-refractivity contribution in [3.05, 3.63) is 12.7 Å². The molecule has 0 saturated carbocycles. The average molecular weight is 157 g/mol. The van der Waals surface area contributed by atoms with E-state index in [1.165, 1.54) is 0 Å². The van der Waals surface area contributed by atoms with Crippen LogP contribution < -0.4 is 5.32 Å². The SMILES string of the molecule is C=CCNCC1(CO)COC1. The van der Waals surface area contributed by atoms with Gasteiger partial charge < -0.3 is 15.2 Å². The molecule has 0 unspecified atom stereocenters. The second-order valence-corrected chi connectivity index (χ2v) is 3.07. The van der Waals surface area contributed by atoms with E-state index in [4.69, 9.17) is 9.84 Å². The van der Waals surface area contributed by atoms with Crippen molar-refractivity contribution < 1.29 is 9.84 Å².